The van der Waals surface area contributed by atoms with Crippen molar-refractivity contribution in [2.45, 2.75) is 5.92 Å². The van der Waals surface area contributed by atoms with Crippen LogP contribution < -0.4 is 5.73 Å². The summed E-state index contributed by atoms with van der Waals surface area (Å²) in [6, 6.07) is 6.60. The highest BCUT2D eigenvalue weighted by molar-refractivity contribution is 9.10. The fourth-order valence-electron chi connectivity index (χ4n) is 1.63. The van der Waals surface area contributed by atoms with E-state index in [0.29, 0.717) is 17.9 Å². The maximum atomic E-state index is 13.6. The van der Waals surface area contributed by atoms with Crippen LogP contribution in [-0.2, 0) is 0 Å². The molecule has 0 aliphatic heterocycles. The highest BCUT2D eigenvalue weighted by Crippen LogP contribution is 2.24. The third kappa shape index (κ3) is 2.15. The molecule has 0 saturated heterocycles. The van der Waals surface area contributed by atoms with Gasteiger partial charge in [-0.1, -0.05) is 18.2 Å². The number of hydrogen-bond acceptors (Lipinski definition) is 2. The summed E-state index contributed by atoms with van der Waals surface area (Å²) >= 11 is 3.27. The van der Waals surface area contributed by atoms with Crippen LogP contribution in [0.2, 0.25) is 0 Å². The predicted octanol–water partition coefficient (Wildman–Crippen LogP) is 2.40. The van der Waals surface area contributed by atoms with E-state index in [1.807, 2.05) is 0 Å². The fourth-order valence-corrected chi connectivity index (χ4v) is 1.94. The lowest BCUT2D eigenvalue weighted by molar-refractivity contribution is 0.592. The standard InChI is InChI=1S/C11H11BrFN3/c12-10-6-15-11(16-10)8(5-14)7-3-1-2-4-9(7)13/h1-4,6,8H,5,14H2,(H,15,16). The quantitative estimate of drug-likeness (QED) is 0.909. The number of rotatable bonds is 3. The molecule has 3 nitrogen and oxygen atoms in total. The van der Waals surface area contributed by atoms with Crippen LogP contribution >= 0.6 is 15.9 Å². The van der Waals surface area contributed by atoms with Crippen molar-refractivity contribution in [3.63, 3.8) is 0 Å². The number of aromatic amines is 1. The highest BCUT2D eigenvalue weighted by atomic mass is 79.9. The summed E-state index contributed by atoms with van der Waals surface area (Å²) < 4.78 is 14.4. The number of imidazole rings is 1. The van der Waals surface area contributed by atoms with E-state index in [-0.39, 0.29) is 11.7 Å². The summed E-state index contributed by atoms with van der Waals surface area (Å²) in [5, 5.41) is 0. The van der Waals surface area contributed by atoms with Crippen LogP contribution in [-0.4, -0.2) is 16.5 Å². The maximum Gasteiger partial charge on any atom is 0.127 e. The number of halogens is 2. The fraction of sp³-hybridized carbons (Fsp3) is 0.182. The van der Waals surface area contributed by atoms with E-state index in [1.165, 1.54) is 6.07 Å². The Balaban J connectivity index is 2.40. The third-order valence-electron chi connectivity index (χ3n) is 2.41. The Morgan fingerprint density at radius 3 is 2.75 bits per heavy atom. The number of nitrogens with zero attached hydrogens (tertiary/aromatic N) is 1. The van der Waals surface area contributed by atoms with E-state index in [1.54, 1.807) is 24.4 Å². The number of nitrogens with one attached hydrogen (secondary N) is 1. The van der Waals surface area contributed by atoms with Gasteiger partial charge in [0.05, 0.1) is 12.1 Å². The van der Waals surface area contributed by atoms with E-state index in [4.69, 9.17) is 5.73 Å². The normalized spacial score (nSPS) is 12.7. The minimum absolute atomic E-state index is 0.243. The van der Waals surface area contributed by atoms with Gasteiger partial charge >= 0.3 is 0 Å². The van der Waals surface area contributed by atoms with Gasteiger partial charge in [-0.25, -0.2) is 9.37 Å². The van der Waals surface area contributed by atoms with E-state index in [9.17, 15) is 4.39 Å². The predicted molar refractivity (Wildman–Crippen MR) is 63.6 cm³/mol. The first-order valence-corrected chi connectivity index (χ1v) is 5.66. The largest absolute Gasteiger partial charge is 0.336 e. The zero-order chi connectivity index (χ0) is 11.5. The van der Waals surface area contributed by atoms with Crippen LogP contribution in [0.3, 0.4) is 0 Å². The van der Waals surface area contributed by atoms with E-state index in [0.717, 1.165) is 4.60 Å². The van der Waals surface area contributed by atoms with E-state index in [2.05, 4.69) is 25.9 Å². The number of H-pyrrole nitrogens is 1. The second-order valence-electron chi connectivity index (χ2n) is 3.43. The zero-order valence-electron chi connectivity index (χ0n) is 8.45. The van der Waals surface area contributed by atoms with Crippen molar-refractivity contribution < 1.29 is 4.39 Å². The first-order chi connectivity index (χ1) is 7.72. The first-order valence-electron chi connectivity index (χ1n) is 4.87. The Hall–Kier alpha value is -1.20. The maximum absolute atomic E-state index is 13.6. The van der Waals surface area contributed by atoms with Crippen molar-refractivity contribution in [1.29, 1.82) is 0 Å². The molecule has 1 atom stereocenters. The first kappa shape index (κ1) is 11.3. The lowest BCUT2D eigenvalue weighted by atomic mass is 9.98. The van der Waals surface area contributed by atoms with Gasteiger partial charge in [0.1, 0.15) is 16.2 Å². The number of hydrogen-bond donors (Lipinski definition) is 2. The molecule has 0 spiro atoms. The third-order valence-corrected chi connectivity index (χ3v) is 2.81. The van der Waals surface area contributed by atoms with Gasteiger partial charge in [-0.15, -0.1) is 0 Å². The minimum Gasteiger partial charge on any atom is -0.336 e. The van der Waals surface area contributed by atoms with Crippen molar-refractivity contribution in [2.24, 2.45) is 5.73 Å². The molecule has 2 rings (SSSR count). The van der Waals surface area contributed by atoms with Crippen LogP contribution in [0.1, 0.15) is 17.3 Å². The van der Waals surface area contributed by atoms with Gasteiger partial charge < -0.3 is 10.7 Å². The van der Waals surface area contributed by atoms with Gasteiger partial charge in [0.15, 0.2) is 0 Å². The Labute approximate surface area is 101 Å². The molecule has 2 aromatic rings. The van der Waals surface area contributed by atoms with Gasteiger partial charge in [-0.05, 0) is 27.6 Å². The molecule has 1 aromatic carbocycles. The van der Waals surface area contributed by atoms with Gasteiger partial charge in [0.25, 0.3) is 0 Å². The molecule has 0 bridgehead atoms. The molecule has 16 heavy (non-hydrogen) atoms. The lowest BCUT2D eigenvalue weighted by Gasteiger charge is -2.13. The smallest absolute Gasteiger partial charge is 0.127 e. The van der Waals surface area contributed by atoms with Gasteiger partial charge in [-0.2, -0.15) is 0 Å². The van der Waals surface area contributed by atoms with Crippen LogP contribution in [0.5, 0.6) is 0 Å². The van der Waals surface area contributed by atoms with E-state index >= 15 is 0 Å². The molecule has 1 unspecified atom stereocenters. The monoisotopic (exact) mass is 283 g/mol. The zero-order valence-corrected chi connectivity index (χ0v) is 10.0. The molecule has 84 valence electrons. The van der Waals surface area contributed by atoms with Gasteiger partial charge in [0, 0.05) is 6.54 Å². The molecule has 1 aromatic heterocycles. The average molecular weight is 284 g/mol. The molecule has 3 N–H and O–H groups in total. The topological polar surface area (TPSA) is 54.7 Å². The molecule has 0 amide bonds. The Kier molecular flexibility index (Phi) is 3.36. The van der Waals surface area contributed by atoms with Gasteiger partial charge in [0.2, 0.25) is 0 Å². The van der Waals surface area contributed by atoms with Crippen molar-refractivity contribution in [3.05, 3.63) is 52.3 Å². The molecule has 1 heterocycles. The Bertz CT molecular complexity index is 484. The summed E-state index contributed by atoms with van der Waals surface area (Å²) in [6.07, 6.45) is 1.64. The molecular weight excluding hydrogens is 273 g/mol. The van der Waals surface area contributed by atoms with Crippen molar-refractivity contribution in [2.75, 3.05) is 6.54 Å². The summed E-state index contributed by atoms with van der Waals surface area (Å²) in [4.78, 5) is 7.17. The lowest BCUT2D eigenvalue weighted by Crippen LogP contribution is -2.16. The summed E-state index contributed by atoms with van der Waals surface area (Å²) in [6.45, 7) is 0.306. The number of nitrogens with two attached hydrogens (primary N) is 1. The number of benzene rings is 1. The van der Waals surface area contributed by atoms with Crippen molar-refractivity contribution >= 4 is 15.9 Å². The molecule has 0 aliphatic rings. The van der Waals surface area contributed by atoms with Gasteiger partial charge in [-0.3, -0.25) is 0 Å². The summed E-state index contributed by atoms with van der Waals surface area (Å²) in [7, 11) is 0. The van der Waals surface area contributed by atoms with Crippen LogP contribution in [0.4, 0.5) is 4.39 Å². The van der Waals surface area contributed by atoms with Crippen LogP contribution in [0.15, 0.2) is 35.1 Å². The summed E-state index contributed by atoms with van der Waals surface area (Å²) in [5.41, 5.74) is 6.23. The Morgan fingerprint density at radius 2 is 2.19 bits per heavy atom. The highest BCUT2D eigenvalue weighted by Gasteiger charge is 2.18. The number of aromatic nitrogens is 2. The second kappa shape index (κ2) is 4.76. The van der Waals surface area contributed by atoms with Crippen molar-refractivity contribution in [1.82, 2.24) is 9.97 Å². The molecule has 0 fully saturated rings. The SMILES string of the molecule is NCC(c1ncc(Br)[nH]1)c1ccccc1F. The van der Waals surface area contributed by atoms with Crippen molar-refractivity contribution in [3.8, 4) is 0 Å². The van der Waals surface area contributed by atoms with Crippen LogP contribution in [0.25, 0.3) is 0 Å². The molecule has 0 saturated carbocycles. The Morgan fingerprint density at radius 1 is 1.44 bits per heavy atom. The second-order valence-corrected chi connectivity index (χ2v) is 4.28. The average Bonchev–Trinajstić information content (AvgIpc) is 2.69. The molecule has 0 radical (unpaired) electrons. The molecule has 5 heteroatoms. The minimum atomic E-state index is -0.259. The van der Waals surface area contributed by atoms with Crippen LogP contribution in [0, 0.1) is 5.82 Å². The molecular formula is C11H11BrFN3. The molecule has 0 aliphatic carbocycles. The summed E-state index contributed by atoms with van der Waals surface area (Å²) in [5.74, 6) is 0.164. The van der Waals surface area contributed by atoms with E-state index < -0.39 is 0 Å².